The van der Waals surface area contributed by atoms with Crippen LogP contribution in [0.25, 0.3) is 10.8 Å². The van der Waals surface area contributed by atoms with Gasteiger partial charge in [0.05, 0.1) is 11.1 Å². The number of hydrogen-bond donors (Lipinski definition) is 0. The van der Waals surface area contributed by atoms with Gasteiger partial charge in [-0.3, -0.25) is 24.1 Å². The zero-order valence-corrected chi connectivity index (χ0v) is 22.5. The van der Waals surface area contributed by atoms with Gasteiger partial charge >= 0.3 is 0 Å². The summed E-state index contributed by atoms with van der Waals surface area (Å²) in [5.74, 6) is -1.72. The lowest BCUT2D eigenvalue weighted by atomic mass is 9.85. The maximum Gasteiger partial charge on any atom is 0.276 e. The molecule has 0 bridgehead atoms. The molecule has 0 fully saturated rings. The van der Waals surface area contributed by atoms with Gasteiger partial charge in [-0.05, 0) is 48.2 Å². The summed E-state index contributed by atoms with van der Waals surface area (Å²) in [4.78, 5) is 56.6. The van der Waals surface area contributed by atoms with Gasteiger partial charge in [0.25, 0.3) is 23.6 Å². The summed E-state index contributed by atoms with van der Waals surface area (Å²) in [7, 11) is 0. The van der Waals surface area contributed by atoms with E-state index < -0.39 is 11.8 Å². The standard InChI is InChI=1S/C33H29N3O4/c1-3-23(4-2)35-30(37)24-15-17-26-29-27(18-16-25(28(24)29)31(35)38)33(40)36(32(26)39)34(19-21-11-7-5-8-12-21)20-22-13-9-6-10-14-22/h5-18,23H,3-4,19-20H2,1-2H3. The molecule has 0 unspecified atom stereocenters. The van der Waals surface area contributed by atoms with Crippen LogP contribution >= 0.6 is 0 Å². The summed E-state index contributed by atoms with van der Waals surface area (Å²) in [6, 6.07) is 25.6. The van der Waals surface area contributed by atoms with Gasteiger partial charge in [-0.25, -0.2) is 10.0 Å². The fourth-order valence-corrected chi connectivity index (χ4v) is 5.91. The first-order valence-corrected chi connectivity index (χ1v) is 13.6. The summed E-state index contributed by atoms with van der Waals surface area (Å²) in [5.41, 5.74) is 3.21. The van der Waals surface area contributed by atoms with Crippen LogP contribution in [-0.2, 0) is 13.1 Å². The third kappa shape index (κ3) is 4.01. The van der Waals surface area contributed by atoms with Crippen LogP contribution in [0.1, 0.15) is 79.2 Å². The van der Waals surface area contributed by atoms with Crippen LogP contribution in [-0.4, -0.2) is 44.6 Å². The molecule has 2 heterocycles. The minimum atomic E-state index is -0.476. The lowest BCUT2D eigenvalue weighted by molar-refractivity contribution is -0.0120. The van der Waals surface area contributed by atoms with E-state index in [0.717, 1.165) is 11.1 Å². The molecule has 0 aromatic heterocycles. The van der Waals surface area contributed by atoms with E-state index in [0.29, 0.717) is 59.0 Å². The van der Waals surface area contributed by atoms with E-state index in [1.165, 1.54) is 9.91 Å². The molecule has 0 spiro atoms. The number of benzene rings is 4. The van der Waals surface area contributed by atoms with Gasteiger partial charge in [0.1, 0.15) is 0 Å². The Morgan fingerprint density at radius 3 is 1.30 bits per heavy atom. The average molecular weight is 532 g/mol. The third-order valence-corrected chi connectivity index (χ3v) is 7.91. The Bertz CT molecular complexity index is 1550. The van der Waals surface area contributed by atoms with E-state index >= 15 is 0 Å². The van der Waals surface area contributed by atoms with Gasteiger partial charge in [0, 0.05) is 41.0 Å². The molecule has 0 radical (unpaired) electrons. The Balaban J connectivity index is 1.47. The van der Waals surface area contributed by atoms with Crippen molar-refractivity contribution in [1.29, 1.82) is 0 Å². The lowest BCUT2D eigenvalue weighted by Gasteiger charge is -2.38. The molecule has 0 saturated carbocycles. The van der Waals surface area contributed by atoms with Gasteiger partial charge in [-0.15, -0.1) is 0 Å². The molecule has 4 aromatic carbocycles. The Morgan fingerprint density at radius 1 is 0.550 bits per heavy atom. The highest BCUT2D eigenvalue weighted by Gasteiger charge is 2.42. The maximum absolute atomic E-state index is 14.1. The molecule has 4 amide bonds. The summed E-state index contributed by atoms with van der Waals surface area (Å²) in [6.07, 6.45) is 1.29. The van der Waals surface area contributed by atoms with Crippen LogP contribution in [0.4, 0.5) is 0 Å². The van der Waals surface area contributed by atoms with Crippen LogP contribution in [0.5, 0.6) is 0 Å². The minimum absolute atomic E-state index is 0.223. The first kappa shape index (κ1) is 25.6. The quantitative estimate of drug-likeness (QED) is 0.267. The smallest absolute Gasteiger partial charge is 0.271 e. The summed E-state index contributed by atoms with van der Waals surface area (Å²) < 4.78 is 0. The Hall–Kier alpha value is -4.62. The van der Waals surface area contributed by atoms with Gasteiger partial charge in [0.15, 0.2) is 0 Å². The normalized spacial score (nSPS) is 14.7. The predicted octanol–water partition coefficient (Wildman–Crippen LogP) is 5.84. The van der Waals surface area contributed by atoms with Crippen LogP contribution in [0, 0.1) is 0 Å². The summed E-state index contributed by atoms with van der Waals surface area (Å²) in [6.45, 7) is 4.58. The highest BCUT2D eigenvalue weighted by molar-refractivity contribution is 6.33. The third-order valence-electron chi connectivity index (χ3n) is 7.91. The van der Waals surface area contributed by atoms with Gasteiger partial charge in [0.2, 0.25) is 0 Å². The van der Waals surface area contributed by atoms with Crippen molar-refractivity contribution in [2.24, 2.45) is 0 Å². The summed E-state index contributed by atoms with van der Waals surface area (Å²) >= 11 is 0. The van der Waals surface area contributed by atoms with Crippen LogP contribution < -0.4 is 0 Å². The number of imide groups is 2. The van der Waals surface area contributed by atoms with Crippen molar-refractivity contribution in [2.75, 3.05) is 0 Å². The number of nitrogens with zero attached hydrogens (tertiary/aromatic N) is 3. The highest BCUT2D eigenvalue weighted by atomic mass is 16.2. The van der Waals surface area contributed by atoms with E-state index in [9.17, 15) is 19.2 Å². The molecule has 40 heavy (non-hydrogen) atoms. The van der Waals surface area contributed by atoms with Crippen LogP contribution in [0.2, 0.25) is 0 Å². The molecular formula is C33H29N3O4. The van der Waals surface area contributed by atoms with E-state index in [1.807, 2.05) is 74.5 Å². The molecule has 0 N–H and O–H groups in total. The second-order valence-corrected chi connectivity index (χ2v) is 10.2. The second kappa shape index (κ2) is 10.2. The Labute approximate surface area is 232 Å². The maximum atomic E-state index is 14.1. The first-order valence-electron chi connectivity index (χ1n) is 13.6. The highest BCUT2D eigenvalue weighted by Crippen LogP contribution is 2.39. The molecule has 2 aliphatic heterocycles. The number of hydrogen-bond acceptors (Lipinski definition) is 5. The van der Waals surface area contributed by atoms with Crippen molar-refractivity contribution in [3.8, 4) is 0 Å². The van der Waals surface area contributed by atoms with E-state index in [2.05, 4.69) is 0 Å². The zero-order valence-electron chi connectivity index (χ0n) is 22.5. The number of hydrazine groups is 1. The van der Waals surface area contributed by atoms with Crippen molar-refractivity contribution in [1.82, 2.24) is 14.9 Å². The Kier molecular flexibility index (Phi) is 6.52. The molecule has 7 heteroatoms. The van der Waals surface area contributed by atoms with Crippen molar-refractivity contribution >= 4 is 34.4 Å². The van der Waals surface area contributed by atoms with E-state index in [4.69, 9.17) is 0 Å². The van der Waals surface area contributed by atoms with Crippen LogP contribution in [0.15, 0.2) is 84.9 Å². The first-order chi connectivity index (χ1) is 19.4. The zero-order chi connectivity index (χ0) is 28.0. The van der Waals surface area contributed by atoms with Crippen molar-refractivity contribution in [3.63, 3.8) is 0 Å². The number of carbonyl (C=O) groups excluding carboxylic acids is 4. The number of amides is 4. The molecule has 0 aliphatic carbocycles. The van der Waals surface area contributed by atoms with Crippen molar-refractivity contribution in [3.05, 3.63) is 118 Å². The van der Waals surface area contributed by atoms with E-state index in [-0.39, 0.29) is 17.9 Å². The van der Waals surface area contributed by atoms with Crippen molar-refractivity contribution < 1.29 is 19.2 Å². The fraction of sp³-hybridized carbons (Fsp3) is 0.212. The molecule has 7 nitrogen and oxygen atoms in total. The number of carbonyl (C=O) groups is 4. The molecule has 200 valence electrons. The van der Waals surface area contributed by atoms with Gasteiger partial charge in [-0.1, -0.05) is 74.5 Å². The SMILES string of the molecule is CCC(CC)N1C(=O)c2ccc3c4c(ccc(c24)C1=O)C(=O)N(N(Cc1ccccc1)Cc1ccccc1)C3=O. The van der Waals surface area contributed by atoms with Crippen LogP contribution in [0.3, 0.4) is 0 Å². The number of rotatable bonds is 8. The summed E-state index contributed by atoms with van der Waals surface area (Å²) in [5, 5.41) is 3.74. The van der Waals surface area contributed by atoms with Gasteiger partial charge < -0.3 is 0 Å². The molecule has 0 atom stereocenters. The lowest BCUT2D eigenvalue weighted by Crippen LogP contribution is -2.51. The van der Waals surface area contributed by atoms with E-state index in [1.54, 1.807) is 29.3 Å². The monoisotopic (exact) mass is 531 g/mol. The minimum Gasteiger partial charge on any atom is -0.271 e. The molecule has 0 saturated heterocycles. The van der Waals surface area contributed by atoms with Crippen molar-refractivity contribution in [2.45, 2.75) is 45.8 Å². The molecule has 6 rings (SSSR count). The fourth-order valence-electron chi connectivity index (χ4n) is 5.91. The molecular weight excluding hydrogens is 502 g/mol. The Morgan fingerprint density at radius 2 is 0.925 bits per heavy atom. The topological polar surface area (TPSA) is 78.0 Å². The second-order valence-electron chi connectivity index (χ2n) is 10.2. The molecule has 4 aromatic rings. The largest absolute Gasteiger partial charge is 0.276 e. The molecule has 2 aliphatic rings. The average Bonchev–Trinajstić information content (AvgIpc) is 2.98. The predicted molar refractivity (Wildman–Crippen MR) is 151 cm³/mol. The van der Waals surface area contributed by atoms with Gasteiger partial charge in [-0.2, -0.15) is 0 Å².